The van der Waals surface area contributed by atoms with Crippen LogP contribution in [0.25, 0.3) is 0 Å². The number of nitrogens with zero attached hydrogens (tertiary/aromatic N) is 1. The lowest BCUT2D eigenvalue weighted by atomic mass is 10.2. The maximum Gasteiger partial charge on any atom is 0.257 e. The van der Waals surface area contributed by atoms with Crippen LogP contribution in [0.15, 0.2) is 71.6 Å². The zero-order valence-corrected chi connectivity index (χ0v) is 20.8. The predicted molar refractivity (Wildman–Crippen MR) is 137 cm³/mol. The van der Waals surface area contributed by atoms with Gasteiger partial charge in [-0.2, -0.15) is 0 Å². The molecule has 5 nitrogen and oxygen atoms in total. The molecule has 9 heteroatoms. The highest BCUT2D eigenvalue weighted by Crippen LogP contribution is 2.34. The second kappa shape index (κ2) is 9.82. The minimum Gasteiger partial charge on any atom is -0.322 e. The molecule has 1 fully saturated rings. The van der Waals surface area contributed by atoms with Crippen LogP contribution in [0.2, 0.25) is 10.0 Å². The number of benzene rings is 3. The second-order valence-corrected chi connectivity index (χ2v) is 10.3. The number of hydrogen-bond acceptors (Lipinski definition) is 4. The van der Waals surface area contributed by atoms with Gasteiger partial charge in [-0.05, 0) is 89.3 Å². The molecule has 0 spiro atoms. The van der Waals surface area contributed by atoms with Gasteiger partial charge < -0.3 is 5.32 Å². The van der Waals surface area contributed by atoms with Crippen LogP contribution in [0.3, 0.4) is 0 Å². The number of carbonyl (C=O) groups is 3. The van der Waals surface area contributed by atoms with E-state index in [-0.39, 0.29) is 29.2 Å². The molecular weight excluding hydrogens is 582 g/mol. The van der Waals surface area contributed by atoms with Crippen molar-refractivity contribution in [1.29, 1.82) is 0 Å². The van der Waals surface area contributed by atoms with Gasteiger partial charge in [0.15, 0.2) is 0 Å². The maximum absolute atomic E-state index is 12.8. The first-order valence-corrected chi connectivity index (χ1v) is 12.2. The standard InChI is InChI=1S/C23H15Cl2IN2O3S/c24-13-1-10-18(19(25)11-13)22(30)27-15-4-8-17(9-5-15)32-20-12-21(29)28(23(20)31)16-6-2-14(26)3-7-16/h1-11,20H,12H2,(H,27,30). The van der Waals surface area contributed by atoms with Crippen molar-refractivity contribution < 1.29 is 14.4 Å². The van der Waals surface area contributed by atoms with Crippen molar-refractivity contribution in [2.24, 2.45) is 0 Å². The Hall–Kier alpha value is -2.07. The Morgan fingerprint density at radius 1 is 1.00 bits per heavy atom. The van der Waals surface area contributed by atoms with Crippen molar-refractivity contribution in [3.05, 3.63) is 85.9 Å². The van der Waals surface area contributed by atoms with Gasteiger partial charge in [0.25, 0.3) is 5.91 Å². The minimum absolute atomic E-state index is 0.142. The van der Waals surface area contributed by atoms with Crippen molar-refractivity contribution in [2.75, 3.05) is 10.2 Å². The Bertz CT molecular complexity index is 1200. The molecule has 1 atom stereocenters. The number of imide groups is 1. The molecule has 0 saturated carbocycles. The lowest BCUT2D eigenvalue weighted by molar-refractivity contribution is -0.121. The van der Waals surface area contributed by atoms with Crippen molar-refractivity contribution >= 4 is 86.7 Å². The summed E-state index contributed by atoms with van der Waals surface area (Å²) in [4.78, 5) is 39.8. The number of thioether (sulfide) groups is 1. The molecule has 0 aromatic heterocycles. The highest BCUT2D eigenvalue weighted by Gasteiger charge is 2.40. The summed E-state index contributed by atoms with van der Waals surface area (Å²) in [6.45, 7) is 0. The fraction of sp³-hybridized carbons (Fsp3) is 0.0870. The van der Waals surface area contributed by atoms with Gasteiger partial charge in [0.2, 0.25) is 11.8 Å². The molecule has 0 radical (unpaired) electrons. The minimum atomic E-state index is -0.491. The van der Waals surface area contributed by atoms with E-state index in [4.69, 9.17) is 23.2 Å². The average molecular weight is 597 g/mol. The van der Waals surface area contributed by atoms with E-state index < -0.39 is 5.25 Å². The van der Waals surface area contributed by atoms with Crippen LogP contribution in [0.5, 0.6) is 0 Å². The molecule has 1 saturated heterocycles. The fourth-order valence-electron chi connectivity index (χ4n) is 3.21. The highest BCUT2D eigenvalue weighted by atomic mass is 127. The van der Waals surface area contributed by atoms with Crippen molar-refractivity contribution in [3.8, 4) is 0 Å². The van der Waals surface area contributed by atoms with E-state index in [2.05, 4.69) is 27.9 Å². The highest BCUT2D eigenvalue weighted by molar-refractivity contribution is 14.1. The number of carbonyl (C=O) groups excluding carboxylic acids is 3. The molecule has 1 N–H and O–H groups in total. The number of halogens is 3. The maximum atomic E-state index is 12.8. The summed E-state index contributed by atoms with van der Waals surface area (Å²) in [6.07, 6.45) is 0.142. The van der Waals surface area contributed by atoms with Crippen molar-refractivity contribution in [2.45, 2.75) is 16.6 Å². The normalized spacial score (nSPS) is 15.8. The van der Waals surface area contributed by atoms with Gasteiger partial charge in [0, 0.05) is 25.6 Å². The summed E-state index contributed by atoms with van der Waals surface area (Å²) in [5, 5.41) is 3.01. The number of rotatable bonds is 5. The number of anilines is 2. The van der Waals surface area contributed by atoms with Crippen LogP contribution in [-0.2, 0) is 9.59 Å². The molecule has 1 heterocycles. The Morgan fingerprint density at radius 3 is 2.34 bits per heavy atom. The topological polar surface area (TPSA) is 66.5 Å². The zero-order valence-electron chi connectivity index (χ0n) is 16.3. The van der Waals surface area contributed by atoms with Gasteiger partial charge in [-0.3, -0.25) is 14.4 Å². The third-order valence-electron chi connectivity index (χ3n) is 4.76. The molecule has 1 unspecified atom stereocenters. The lowest BCUT2D eigenvalue weighted by Crippen LogP contribution is -2.31. The summed E-state index contributed by atoms with van der Waals surface area (Å²) in [6, 6.07) is 19.0. The molecule has 0 bridgehead atoms. The quantitative estimate of drug-likeness (QED) is 0.278. The van der Waals surface area contributed by atoms with Crippen LogP contribution >= 0.6 is 57.6 Å². The molecule has 1 aliphatic heterocycles. The Morgan fingerprint density at radius 2 is 1.69 bits per heavy atom. The molecule has 0 aliphatic carbocycles. The van der Waals surface area contributed by atoms with Gasteiger partial charge in [0.05, 0.1) is 21.5 Å². The van der Waals surface area contributed by atoms with Crippen molar-refractivity contribution in [3.63, 3.8) is 0 Å². The molecule has 3 amide bonds. The summed E-state index contributed by atoms with van der Waals surface area (Å²) >= 11 is 15.5. The summed E-state index contributed by atoms with van der Waals surface area (Å²) in [7, 11) is 0. The molecule has 1 aliphatic rings. The predicted octanol–water partition coefficient (Wildman–Crippen LogP) is 6.27. The lowest BCUT2D eigenvalue weighted by Gasteiger charge is -2.15. The van der Waals surface area contributed by atoms with Gasteiger partial charge in [-0.15, -0.1) is 11.8 Å². The van der Waals surface area contributed by atoms with E-state index in [0.29, 0.717) is 22.0 Å². The van der Waals surface area contributed by atoms with Gasteiger partial charge in [-0.1, -0.05) is 23.2 Å². The average Bonchev–Trinajstić information content (AvgIpc) is 3.03. The van der Waals surface area contributed by atoms with Crippen LogP contribution in [0.4, 0.5) is 11.4 Å². The fourth-order valence-corrected chi connectivity index (χ4v) is 5.12. The zero-order chi connectivity index (χ0) is 22.8. The van der Waals surface area contributed by atoms with Crippen LogP contribution in [0.1, 0.15) is 16.8 Å². The first-order chi connectivity index (χ1) is 15.3. The van der Waals surface area contributed by atoms with Gasteiger partial charge >= 0.3 is 0 Å². The summed E-state index contributed by atoms with van der Waals surface area (Å²) in [5.74, 6) is -0.787. The van der Waals surface area contributed by atoms with E-state index in [9.17, 15) is 14.4 Å². The Labute approximate surface area is 212 Å². The van der Waals surface area contributed by atoms with Crippen LogP contribution in [-0.4, -0.2) is 23.0 Å². The van der Waals surface area contributed by atoms with E-state index in [0.717, 1.165) is 8.47 Å². The number of nitrogens with one attached hydrogen (secondary N) is 1. The number of amides is 3. The smallest absolute Gasteiger partial charge is 0.257 e. The third kappa shape index (κ3) is 5.11. The largest absolute Gasteiger partial charge is 0.322 e. The molecule has 3 aromatic carbocycles. The summed E-state index contributed by atoms with van der Waals surface area (Å²) < 4.78 is 1.03. The molecule has 32 heavy (non-hydrogen) atoms. The molecular formula is C23H15Cl2IN2O3S. The summed E-state index contributed by atoms with van der Waals surface area (Å²) in [5.41, 5.74) is 1.49. The second-order valence-electron chi connectivity index (χ2n) is 6.96. The first kappa shape index (κ1) is 23.1. The Kier molecular flexibility index (Phi) is 7.09. The number of hydrogen-bond donors (Lipinski definition) is 1. The molecule has 162 valence electrons. The van der Waals surface area contributed by atoms with E-state index in [1.54, 1.807) is 48.5 Å². The molecule has 4 rings (SSSR count). The van der Waals surface area contributed by atoms with Crippen LogP contribution < -0.4 is 10.2 Å². The van der Waals surface area contributed by atoms with Gasteiger partial charge in [-0.25, -0.2) is 4.90 Å². The third-order valence-corrected chi connectivity index (χ3v) is 7.22. The Balaban J connectivity index is 1.41. The van der Waals surface area contributed by atoms with E-state index in [1.807, 2.05) is 12.1 Å². The van der Waals surface area contributed by atoms with Crippen LogP contribution in [0, 0.1) is 3.57 Å². The SMILES string of the molecule is O=C(Nc1ccc(SC2CC(=O)N(c3ccc(I)cc3)C2=O)cc1)c1ccc(Cl)cc1Cl. The first-order valence-electron chi connectivity index (χ1n) is 9.47. The van der Waals surface area contributed by atoms with Gasteiger partial charge in [0.1, 0.15) is 0 Å². The van der Waals surface area contributed by atoms with E-state index in [1.165, 1.54) is 22.7 Å². The monoisotopic (exact) mass is 596 g/mol. The van der Waals surface area contributed by atoms with Crippen molar-refractivity contribution in [1.82, 2.24) is 0 Å². The van der Waals surface area contributed by atoms with E-state index >= 15 is 0 Å². The molecule has 3 aromatic rings.